The lowest BCUT2D eigenvalue weighted by molar-refractivity contribution is -0.132. The Bertz CT molecular complexity index is 2010. The lowest BCUT2D eigenvalue weighted by Crippen LogP contribution is -2.58. The van der Waals surface area contributed by atoms with Crippen LogP contribution in [0.1, 0.15) is 61.2 Å². The molecule has 0 saturated carbocycles. The van der Waals surface area contributed by atoms with Crippen LogP contribution in [-0.2, 0) is 35.4 Å². The minimum absolute atomic E-state index is 0.00663. The van der Waals surface area contributed by atoms with Gasteiger partial charge in [0.2, 0.25) is 11.8 Å². The van der Waals surface area contributed by atoms with Crippen LogP contribution in [0.5, 0.6) is 11.5 Å². The molecule has 0 radical (unpaired) electrons. The molecule has 1 aromatic heterocycles. The van der Waals surface area contributed by atoms with Gasteiger partial charge in [0.05, 0.1) is 25.5 Å². The Labute approximate surface area is 312 Å². The van der Waals surface area contributed by atoms with Gasteiger partial charge in [-0.05, 0) is 48.7 Å². The molecule has 4 bridgehead atoms. The van der Waals surface area contributed by atoms with E-state index >= 15 is 0 Å². The number of hydrogen-bond donors (Lipinski definition) is 4. The van der Waals surface area contributed by atoms with Crippen molar-refractivity contribution in [3.05, 3.63) is 106 Å². The molecule has 3 aliphatic rings. The standard InChI is InChI=1S/C39H43N7O8/c1-24(47)35-38(51)40-16-18-45(39(52)30-10-6-9-29-28(30)12-13-32(29)48)17-15-27-23-46(44-43-27)19-20-54-33-14-11-26(22-34(33)53-2)36(49)41-31(37(50)42-35)21-25-7-4-3-5-8-25/h3-11,14,22-24,31,35,47H,12-13,15-21H2,1-2H3,(H,40,51)(H,41,49)(H,42,50)/t24-,31-,35+/m1/s1. The van der Waals surface area contributed by atoms with E-state index in [0.717, 1.165) is 5.56 Å². The van der Waals surface area contributed by atoms with Crippen molar-refractivity contribution in [1.82, 2.24) is 35.8 Å². The number of aliphatic hydroxyl groups is 1. The number of methoxy groups -OCH3 is 1. The molecule has 4 amide bonds. The molecule has 0 spiro atoms. The molecule has 4 N–H and O–H groups in total. The fourth-order valence-electron chi connectivity index (χ4n) is 6.55. The highest BCUT2D eigenvalue weighted by Gasteiger charge is 2.31. The molecule has 3 atom stereocenters. The van der Waals surface area contributed by atoms with E-state index in [1.165, 1.54) is 20.1 Å². The third-order valence-electron chi connectivity index (χ3n) is 9.47. The molecule has 3 aromatic carbocycles. The molecular weight excluding hydrogens is 694 g/mol. The first-order valence-electron chi connectivity index (χ1n) is 17.9. The van der Waals surface area contributed by atoms with E-state index in [1.54, 1.807) is 46.1 Å². The van der Waals surface area contributed by atoms with Crippen LogP contribution in [0.25, 0.3) is 0 Å². The second-order valence-electron chi connectivity index (χ2n) is 13.2. The van der Waals surface area contributed by atoms with E-state index in [1.807, 2.05) is 30.3 Å². The molecule has 0 saturated heterocycles. The highest BCUT2D eigenvalue weighted by Crippen LogP contribution is 2.29. The van der Waals surface area contributed by atoms with Crippen molar-refractivity contribution in [3.8, 4) is 11.5 Å². The molecule has 1 aliphatic carbocycles. The Morgan fingerprint density at radius 3 is 2.56 bits per heavy atom. The summed E-state index contributed by atoms with van der Waals surface area (Å²) in [5.74, 6) is -1.55. The van der Waals surface area contributed by atoms with Crippen molar-refractivity contribution in [2.75, 3.05) is 33.4 Å². The maximum Gasteiger partial charge on any atom is 0.254 e. The molecule has 0 fully saturated rings. The van der Waals surface area contributed by atoms with E-state index in [2.05, 4.69) is 26.3 Å². The Morgan fingerprint density at radius 1 is 0.963 bits per heavy atom. The zero-order valence-corrected chi connectivity index (χ0v) is 30.1. The van der Waals surface area contributed by atoms with Gasteiger partial charge in [0.15, 0.2) is 17.3 Å². The summed E-state index contributed by atoms with van der Waals surface area (Å²) in [6.45, 7) is 2.22. The number of carbonyl (C=O) groups is 5. The van der Waals surface area contributed by atoms with Crippen LogP contribution in [0, 0.1) is 0 Å². The fourth-order valence-corrected chi connectivity index (χ4v) is 6.55. The summed E-state index contributed by atoms with van der Waals surface area (Å²) in [6.07, 6.45) is 1.70. The lowest BCUT2D eigenvalue weighted by atomic mass is 10.0. The van der Waals surface area contributed by atoms with Crippen LogP contribution in [0.15, 0.2) is 72.9 Å². The first-order chi connectivity index (χ1) is 26.1. The SMILES string of the molecule is COc1cc2ccc1OCCn1cc(nn1)CCN(C(=O)c1cccc3c1CCC3=O)CCNC(=O)[C@H]([C@@H](C)O)NC(=O)[C@@H](Cc1ccccc1)NC2=O. The number of ketones is 1. The zero-order valence-electron chi connectivity index (χ0n) is 30.1. The molecule has 282 valence electrons. The fraction of sp³-hybridized carbons (Fsp3) is 0.359. The predicted molar refractivity (Wildman–Crippen MR) is 195 cm³/mol. The van der Waals surface area contributed by atoms with Gasteiger partial charge in [-0.1, -0.05) is 47.7 Å². The maximum atomic E-state index is 14.0. The van der Waals surface area contributed by atoms with Gasteiger partial charge >= 0.3 is 0 Å². The normalized spacial score (nSPS) is 19.2. The van der Waals surface area contributed by atoms with Crippen molar-refractivity contribution >= 4 is 29.4 Å². The van der Waals surface area contributed by atoms with E-state index in [4.69, 9.17) is 9.47 Å². The monoisotopic (exact) mass is 737 g/mol. The summed E-state index contributed by atoms with van der Waals surface area (Å²) < 4.78 is 13.1. The molecule has 7 rings (SSSR count). The van der Waals surface area contributed by atoms with Crippen LogP contribution in [-0.4, -0.2) is 106 Å². The van der Waals surface area contributed by atoms with Crippen LogP contribution in [0.2, 0.25) is 0 Å². The summed E-state index contributed by atoms with van der Waals surface area (Å²) in [5, 5.41) is 27.3. The van der Waals surface area contributed by atoms with Crippen molar-refractivity contribution in [3.63, 3.8) is 0 Å². The second kappa shape index (κ2) is 17.2. The number of amides is 4. The summed E-state index contributed by atoms with van der Waals surface area (Å²) in [4.78, 5) is 68.9. The lowest BCUT2D eigenvalue weighted by Gasteiger charge is -2.26. The molecule has 15 heteroatoms. The summed E-state index contributed by atoms with van der Waals surface area (Å²) in [7, 11) is 1.45. The average molecular weight is 738 g/mol. The first kappa shape index (κ1) is 37.7. The van der Waals surface area contributed by atoms with Gasteiger partial charge in [-0.25, -0.2) is 4.68 Å². The number of nitrogens with zero attached hydrogens (tertiary/aromatic N) is 4. The maximum absolute atomic E-state index is 14.0. The largest absolute Gasteiger partial charge is 0.493 e. The van der Waals surface area contributed by atoms with Gasteiger partial charge < -0.3 is 35.4 Å². The molecule has 15 nitrogen and oxygen atoms in total. The molecule has 54 heavy (non-hydrogen) atoms. The Morgan fingerprint density at radius 2 is 1.78 bits per heavy atom. The van der Waals surface area contributed by atoms with Crippen molar-refractivity contribution < 1.29 is 38.6 Å². The third kappa shape index (κ3) is 8.92. The average Bonchev–Trinajstić information content (AvgIpc) is 3.80. The van der Waals surface area contributed by atoms with E-state index in [-0.39, 0.29) is 49.9 Å². The van der Waals surface area contributed by atoms with Crippen molar-refractivity contribution in [1.29, 1.82) is 0 Å². The first-order valence-corrected chi connectivity index (χ1v) is 17.9. The number of carbonyl (C=O) groups excluding carboxylic acids is 5. The number of ether oxygens (including phenoxy) is 2. The van der Waals surface area contributed by atoms with Gasteiger partial charge in [0, 0.05) is 61.8 Å². The predicted octanol–water partition coefficient (Wildman–Crippen LogP) is 1.52. The quantitative estimate of drug-likeness (QED) is 0.218. The van der Waals surface area contributed by atoms with Crippen LogP contribution < -0.4 is 25.4 Å². The number of Topliss-reactive ketones (excluding diaryl/α,β-unsaturated/α-hetero) is 1. The van der Waals surface area contributed by atoms with Crippen LogP contribution in [0.3, 0.4) is 0 Å². The van der Waals surface area contributed by atoms with Gasteiger partial charge in [-0.3, -0.25) is 24.0 Å². The molecular formula is C39H43N7O8. The Kier molecular flexibility index (Phi) is 12.0. The van der Waals surface area contributed by atoms with Crippen LogP contribution in [0.4, 0.5) is 0 Å². The number of nitrogens with one attached hydrogen (secondary N) is 3. The number of hydrogen-bond acceptors (Lipinski definition) is 10. The second-order valence-corrected chi connectivity index (χ2v) is 13.2. The highest BCUT2D eigenvalue weighted by atomic mass is 16.5. The van der Waals surface area contributed by atoms with Crippen molar-refractivity contribution in [2.45, 2.75) is 57.3 Å². The van der Waals surface area contributed by atoms with Crippen molar-refractivity contribution in [2.24, 2.45) is 0 Å². The van der Waals surface area contributed by atoms with Gasteiger partial charge in [-0.2, -0.15) is 0 Å². The smallest absolute Gasteiger partial charge is 0.254 e. The highest BCUT2D eigenvalue weighted by molar-refractivity contribution is 6.05. The minimum atomic E-state index is -1.38. The van der Waals surface area contributed by atoms with Gasteiger partial charge in [0.25, 0.3) is 11.8 Å². The zero-order chi connectivity index (χ0) is 38.2. The van der Waals surface area contributed by atoms with Gasteiger partial charge in [-0.15, -0.1) is 5.10 Å². The molecule has 0 unspecified atom stereocenters. The number of fused-ring (bicyclic) bond motifs is 17. The van der Waals surface area contributed by atoms with Gasteiger partial charge in [0.1, 0.15) is 18.7 Å². The number of aliphatic hydroxyl groups excluding tert-OH is 1. The molecule has 3 heterocycles. The summed E-state index contributed by atoms with van der Waals surface area (Å²) in [6, 6.07) is 16.3. The summed E-state index contributed by atoms with van der Waals surface area (Å²) >= 11 is 0. The van der Waals surface area contributed by atoms with E-state index in [0.29, 0.717) is 59.7 Å². The third-order valence-corrected chi connectivity index (χ3v) is 9.47. The van der Waals surface area contributed by atoms with E-state index in [9.17, 15) is 29.1 Å². The molecule has 2 aliphatic heterocycles. The topological polar surface area (TPSA) is 194 Å². The van der Waals surface area contributed by atoms with Crippen LogP contribution >= 0.6 is 0 Å². The Balaban J connectivity index is 1.28. The number of rotatable bonds is 5. The minimum Gasteiger partial charge on any atom is -0.493 e. The Hall–Kier alpha value is -6.09. The molecule has 4 aromatic rings. The summed E-state index contributed by atoms with van der Waals surface area (Å²) in [5.41, 5.74) is 3.26. The van der Waals surface area contributed by atoms with E-state index < -0.39 is 35.9 Å². The number of aromatic nitrogens is 3. The number of benzene rings is 3.